The van der Waals surface area contributed by atoms with Crippen LogP contribution in [0.4, 0.5) is 0 Å². The van der Waals surface area contributed by atoms with E-state index in [1.165, 1.54) is 11.1 Å². The average Bonchev–Trinajstić information content (AvgIpc) is 2.21. The van der Waals surface area contributed by atoms with Crippen molar-refractivity contribution in [1.82, 2.24) is 0 Å². The molecule has 0 atom stereocenters. The maximum Gasteiger partial charge on any atom is 0.178 e. The van der Waals surface area contributed by atoms with Gasteiger partial charge < -0.3 is 0 Å². The second-order valence-electron chi connectivity index (χ2n) is 4.86. The van der Waals surface area contributed by atoms with Crippen molar-refractivity contribution < 1.29 is 4.79 Å². The van der Waals surface area contributed by atoms with Gasteiger partial charge >= 0.3 is 0 Å². The number of allylic oxidation sites excluding steroid dienone is 4. The van der Waals surface area contributed by atoms with Crippen molar-refractivity contribution in [2.24, 2.45) is 11.8 Å². The van der Waals surface area contributed by atoms with Gasteiger partial charge in [0.2, 0.25) is 0 Å². The summed E-state index contributed by atoms with van der Waals surface area (Å²) in [6.45, 7) is 12.7. The van der Waals surface area contributed by atoms with E-state index in [2.05, 4.69) is 41.5 Å². The molecule has 0 heterocycles. The Kier molecular flexibility index (Phi) is 7.03. The highest BCUT2D eigenvalue weighted by Crippen LogP contribution is 2.16. The molecular formula is C15H26O. The van der Waals surface area contributed by atoms with Crippen LogP contribution in [0.2, 0.25) is 0 Å². The van der Waals surface area contributed by atoms with E-state index in [0.29, 0.717) is 11.8 Å². The molecular weight excluding hydrogens is 196 g/mol. The summed E-state index contributed by atoms with van der Waals surface area (Å²) < 4.78 is 0. The Morgan fingerprint density at radius 3 is 1.38 bits per heavy atom. The average molecular weight is 222 g/mol. The third-order valence-electron chi connectivity index (χ3n) is 2.95. The van der Waals surface area contributed by atoms with E-state index in [0.717, 1.165) is 12.8 Å². The Hall–Kier alpha value is -0.850. The van der Waals surface area contributed by atoms with Crippen LogP contribution in [0.1, 0.15) is 54.4 Å². The highest BCUT2D eigenvalue weighted by atomic mass is 16.1. The van der Waals surface area contributed by atoms with Gasteiger partial charge in [-0.05, 0) is 36.8 Å². The summed E-state index contributed by atoms with van der Waals surface area (Å²) >= 11 is 0. The van der Waals surface area contributed by atoms with Gasteiger partial charge in [-0.2, -0.15) is 0 Å². The molecule has 0 aromatic carbocycles. The van der Waals surface area contributed by atoms with Crippen LogP contribution >= 0.6 is 0 Å². The molecule has 0 aliphatic carbocycles. The molecule has 1 nitrogen and oxygen atoms in total. The molecule has 0 amide bonds. The number of hydrogen-bond acceptors (Lipinski definition) is 1. The van der Waals surface area contributed by atoms with Crippen LogP contribution in [0.3, 0.4) is 0 Å². The third kappa shape index (κ3) is 5.29. The first-order valence-corrected chi connectivity index (χ1v) is 6.37. The minimum absolute atomic E-state index is 0.149. The largest absolute Gasteiger partial charge is 0.290 e. The Balaban J connectivity index is 4.81. The van der Waals surface area contributed by atoms with Crippen molar-refractivity contribution in [3.63, 3.8) is 0 Å². The van der Waals surface area contributed by atoms with Crippen molar-refractivity contribution in [3.05, 3.63) is 23.3 Å². The van der Waals surface area contributed by atoms with Crippen molar-refractivity contribution in [2.45, 2.75) is 54.4 Å². The minimum Gasteiger partial charge on any atom is -0.290 e. The van der Waals surface area contributed by atoms with Crippen LogP contribution in [0.15, 0.2) is 23.3 Å². The molecule has 0 rings (SSSR count). The second-order valence-corrected chi connectivity index (χ2v) is 4.86. The lowest BCUT2D eigenvalue weighted by Crippen LogP contribution is -2.00. The van der Waals surface area contributed by atoms with E-state index in [4.69, 9.17) is 0 Å². The smallest absolute Gasteiger partial charge is 0.178 e. The maximum absolute atomic E-state index is 11.8. The number of carbonyl (C=O) groups is 1. The van der Waals surface area contributed by atoms with Gasteiger partial charge in [0.25, 0.3) is 0 Å². The number of ketones is 1. The summed E-state index contributed by atoms with van der Waals surface area (Å²) in [6, 6.07) is 0. The zero-order valence-corrected chi connectivity index (χ0v) is 11.6. The fourth-order valence-corrected chi connectivity index (χ4v) is 1.76. The summed E-state index contributed by atoms with van der Waals surface area (Å²) in [5, 5.41) is 0. The van der Waals surface area contributed by atoms with E-state index in [1.807, 2.05) is 12.2 Å². The first kappa shape index (κ1) is 15.2. The van der Waals surface area contributed by atoms with E-state index in [-0.39, 0.29) is 5.78 Å². The normalized spacial score (nSPS) is 13.8. The van der Waals surface area contributed by atoms with Gasteiger partial charge in [-0.3, -0.25) is 4.79 Å². The quantitative estimate of drug-likeness (QED) is 0.603. The molecule has 1 heteroatoms. The van der Waals surface area contributed by atoms with Crippen LogP contribution in [0, 0.1) is 11.8 Å². The Labute approximate surface area is 101 Å². The minimum atomic E-state index is 0.149. The second kappa shape index (κ2) is 7.43. The van der Waals surface area contributed by atoms with Gasteiger partial charge in [0.1, 0.15) is 0 Å². The van der Waals surface area contributed by atoms with Crippen molar-refractivity contribution in [3.8, 4) is 0 Å². The van der Waals surface area contributed by atoms with E-state index < -0.39 is 0 Å². The van der Waals surface area contributed by atoms with E-state index >= 15 is 0 Å². The maximum atomic E-state index is 11.8. The standard InChI is InChI=1S/C15H26O/c1-7-13(11(3)4)9-15(16)10-14(8-2)12(5)6/h9-12H,7-8H2,1-6H3. The zero-order chi connectivity index (χ0) is 12.7. The lowest BCUT2D eigenvalue weighted by Gasteiger charge is -2.09. The van der Waals surface area contributed by atoms with Crippen LogP contribution in [-0.2, 0) is 4.79 Å². The van der Waals surface area contributed by atoms with Crippen LogP contribution < -0.4 is 0 Å². The Morgan fingerprint density at radius 1 is 0.875 bits per heavy atom. The van der Waals surface area contributed by atoms with E-state index in [1.54, 1.807) is 0 Å². The number of rotatable bonds is 6. The summed E-state index contributed by atoms with van der Waals surface area (Å²) in [7, 11) is 0. The first-order valence-electron chi connectivity index (χ1n) is 6.37. The predicted octanol–water partition coefficient (Wildman–Crippen LogP) is 4.54. The zero-order valence-electron chi connectivity index (χ0n) is 11.6. The first-order chi connectivity index (χ1) is 7.42. The topological polar surface area (TPSA) is 17.1 Å². The summed E-state index contributed by atoms with van der Waals surface area (Å²) in [6.07, 6.45) is 5.53. The molecule has 0 saturated heterocycles. The molecule has 0 fully saturated rings. The lowest BCUT2D eigenvalue weighted by atomic mass is 9.96. The number of carbonyl (C=O) groups excluding carboxylic acids is 1. The van der Waals surface area contributed by atoms with Crippen LogP contribution in [-0.4, -0.2) is 5.78 Å². The fraction of sp³-hybridized carbons (Fsp3) is 0.667. The molecule has 0 aliphatic rings. The van der Waals surface area contributed by atoms with Gasteiger partial charge in [-0.1, -0.05) is 52.7 Å². The van der Waals surface area contributed by atoms with Gasteiger partial charge in [-0.15, -0.1) is 0 Å². The lowest BCUT2D eigenvalue weighted by molar-refractivity contribution is -0.110. The molecule has 0 unspecified atom stereocenters. The summed E-state index contributed by atoms with van der Waals surface area (Å²) in [5.41, 5.74) is 2.47. The molecule has 16 heavy (non-hydrogen) atoms. The SMILES string of the molecule is CCC(=CC(=O)C=C(CC)C(C)C)C(C)C. The van der Waals surface area contributed by atoms with Gasteiger partial charge in [-0.25, -0.2) is 0 Å². The molecule has 0 N–H and O–H groups in total. The third-order valence-corrected chi connectivity index (χ3v) is 2.95. The van der Waals surface area contributed by atoms with Gasteiger partial charge in [0.05, 0.1) is 0 Å². The molecule has 0 radical (unpaired) electrons. The van der Waals surface area contributed by atoms with Crippen molar-refractivity contribution in [2.75, 3.05) is 0 Å². The Bertz CT molecular complexity index is 252. The molecule has 0 aliphatic heterocycles. The Morgan fingerprint density at radius 2 is 1.19 bits per heavy atom. The molecule has 0 bridgehead atoms. The monoisotopic (exact) mass is 222 g/mol. The molecule has 0 spiro atoms. The van der Waals surface area contributed by atoms with Crippen molar-refractivity contribution >= 4 is 5.78 Å². The van der Waals surface area contributed by atoms with Crippen LogP contribution in [0.25, 0.3) is 0 Å². The van der Waals surface area contributed by atoms with Gasteiger partial charge in [0, 0.05) is 0 Å². The fourth-order valence-electron chi connectivity index (χ4n) is 1.76. The molecule has 92 valence electrons. The molecule has 0 aromatic rings. The molecule has 0 aromatic heterocycles. The summed E-state index contributed by atoms with van der Waals surface area (Å²) in [4.78, 5) is 11.8. The van der Waals surface area contributed by atoms with Gasteiger partial charge in [0.15, 0.2) is 5.78 Å². The van der Waals surface area contributed by atoms with E-state index in [9.17, 15) is 4.79 Å². The highest BCUT2D eigenvalue weighted by molar-refractivity contribution is 6.00. The predicted molar refractivity (Wildman–Crippen MR) is 71.4 cm³/mol. The number of hydrogen-bond donors (Lipinski definition) is 0. The van der Waals surface area contributed by atoms with Crippen molar-refractivity contribution in [1.29, 1.82) is 0 Å². The summed E-state index contributed by atoms with van der Waals surface area (Å²) in [5.74, 6) is 1.08. The highest BCUT2D eigenvalue weighted by Gasteiger charge is 2.05. The molecule has 0 saturated carbocycles. The van der Waals surface area contributed by atoms with Crippen LogP contribution in [0.5, 0.6) is 0 Å².